The van der Waals surface area contributed by atoms with Crippen LogP contribution in [0.4, 0.5) is 5.69 Å². The van der Waals surface area contributed by atoms with Gasteiger partial charge in [0.2, 0.25) is 0 Å². The smallest absolute Gasteiger partial charge is 0.104 e. The van der Waals surface area contributed by atoms with E-state index in [1.54, 1.807) is 6.33 Å². The Labute approximate surface area is 199 Å². The summed E-state index contributed by atoms with van der Waals surface area (Å²) in [6.45, 7) is 1.96. The third-order valence-corrected chi connectivity index (χ3v) is 7.81. The number of imidazole rings is 2. The van der Waals surface area contributed by atoms with E-state index in [1.807, 2.05) is 6.33 Å². The van der Waals surface area contributed by atoms with Crippen LogP contribution in [0.1, 0.15) is 56.6 Å². The lowest BCUT2D eigenvalue weighted by Crippen LogP contribution is -2.21. The number of aliphatic hydroxyl groups excluding tert-OH is 1. The molecule has 0 amide bonds. The summed E-state index contributed by atoms with van der Waals surface area (Å²) in [4.78, 5) is 14.9. The Morgan fingerprint density at radius 1 is 1.12 bits per heavy atom. The van der Waals surface area contributed by atoms with E-state index in [9.17, 15) is 10.4 Å². The van der Waals surface area contributed by atoms with Gasteiger partial charge >= 0.3 is 0 Å². The average Bonchev–Trinajstić information content (AvgIpc) is 3.63. The highest BCUT2D eigenvalue weighted by atomic mass is 16.3. The van der Waals surface area contributed by atoms with E-state index in [-0.39, 0.29) is 6.61 Å². The van der Waals surface area contributed by atoms with E-state index in [0.717, 1.165) is 59.3 Å². The van der Waals surface area contributed by atoms with Gasteiger partial charge in [0.05, 0.1) is 40.4 Å². The van der Waals surface area contributed by atoms with Gasteiger partial charge in [-0.3, -0.25) is 0 Å². The molecule has 1 atom stereocenters. The van der Waals surface area contributed by atoms with Gasteiger partial charge in [-0.1, -0.05) is 25.3 Å². The van der Waals surface area contributed by atoms with Crippen molar-refractivity contribution in [3.63, 3.8) is 0 Å². The summed E-state index contributed by atoms with van der Waals surface area (Å²) in [5.74, 6) is 0.456. The molecule has 3 heterocycles. The normalized spacial score (nSPS) is 19.3. The molecule has 1 aliphatic heterocycles. The third kappa shape index (κ3) is 3.54. The van der Waals surface area contributed by atoms with E-state index in [1.165, 1.54) is 37.6 Å². The summed E-state index contributed by atoms with van der Waals surface area (Å²) in [5, 5.41) is 19.4. The molecule has 2 aromatic carbocycles. The second kappa shape index (κ2) is 8.77. The predicted molar refractivity (Wildman–Crippen MR) is 134 cm³/mol. The van der Waals surface area contributed by atoms with Gasteiger partial charge in [0.1, 0.15) is 11.6 Å². The first-order valence-electron chi connectivity index (χ1n) is 12.5. The van der Waals surface area contributed by atoms with Crippen LogP contribution >= 0.6 is 0 Å². The van der Waals surface area contributed by atoms with Crippen molar-refractivity contribution in [2.75, 3.05) is 24.6 Å². The van der Waals surface area contributed by atoms with Crippen molar-refractivity contribution in [2.45, 2.75) is 51.0 Å². The second-order valence-corrected chi connectivity index (χ2v) is 9.82. The molecule has 174 valence electrons. The maximum absolute atomic E-state index is 10.0. The van der Waals surface area contributed by atoms with Crippen LogP contribution in [0.25, 0.3) is 33.2 Å². The minimum Gasteiger partial charge on any atom is -0.396 e. The van der Waals surface area contributed by atoms with Crippen molar-refractivity contribution in [1.82, 2.24) is 19.5 Å². The maximum atomic E-state index is 10.0. The van der Waals surface area contributed by atoms with Crippen molar-refractivity contribution in [3.8, 4) is 17.2 Å². The fourth-order valence-electron chi connectivity index (χ4n) is 6.00. The highest BCUT2D eigenvalue weighted by Crippen LogP contribution is 2.39. The van der Waals surface area contributed by atoms with Crippen LogP contribution in [0.15, 0.2) is 36.9 Å². The van der Waals surface area contributed by atoms with Crippen molar-refractivity contribution in [1.29, 1.82) is 5.26 Å². The molecule has 34 heavy (non-hydrogen) atoms. The van der Waals surface area contributed by atoms with Crippen molar-refractivity contribution in [2.24, 2.45) is 5.92 Å². The van der Waals surface area contributed by atoms with Crippen LogP contribution in [0.5, 0.6) is 0 Å². The molecule has 0 bridgehead atoms. The average molecular weight is 455 g/mol. The third-order valence-electron chi connectivity index (χ3n) is 7.81. The molecule has 0 spiro atoms. The topological polar surface area (TPSA) is 93.8 Å². The number of aliphatic hydroxyl groups is 1. The first-order valence-corrected chi connectivity index (χ1v) is 12.5. The second-order valence-electron chi connectivity index (χ2n) is 9.82. The number of nitriles is 1. The van der Waals surface area contributed by atoms with Gasteiger partial charge in [-0.25, -0.2) is 9.97 Å². The van der Waals surface area contributed by atoms with Gasteiger partial charge < -0.3 is 19.6 Å². The van der Waals surface area contributed by atoms with Gasteiger partial charge in [0.15, 0.2) is 0 Å². The zero-order valence-electron chi connectivity index (χ0n) is 19.4. The van der Waals surface area contributed by atoms with Crippen LogP contribution in [-0.4, -0.2) is 44.3 Å². The molecule has 2 fully saturated rings. The molecule has 7 heteroatoms. The highest BCUT2D eigenvalue weighted by Gasteiger charge is 2.27. The summed E-state index contributed by atoms with van der Waals surface area (Å²) in [6, 6.07) is 11.6. The monoisotopic (exact) mass is 454 g/mol. The Kier molecular flexibility index (Phi) is 5.46. The van der Waals surface area contributed by atoms with Crippen LogP contribution in [0, 0.1) is 17.2 Å². The number of rotatable bonds is 5. The van der Waals surface area contributed by atoms with Crippen LogP contribution in [0.2, 0.25) is 0 Å². The molecule has 4 aromatic rings. The lowest BCUT2D eigenvalue weighted by molar-refractivity contribution is 0.263. The molecule has 1 saturated carbocycles. The predicted octanol–water partition coefficient (Wildman–Crippen LogP) is 5.17. The van der Waals surface area contributed by atoms with Gasteiger partial charge in [0.25, 0.3) is 0 Å². The molecule has 2 aliphatic rings. The lowest BCUT2D eigenvalue weighted by Gasteiger charge is -2.23. The van der Waals surface area contributed by atoms with Crippen molar-refractivity contribution < 1.29 is 5.11 Å². The number of fused-ring (bicyclic) bond motifs is 2. The maximum Gasteiger partial charge on any atom is 0.104 e. The van der Waals surface area contributed by atoms with Gasteiger partial charge in [-0.05, 0) is 55.4 Å². The highest BCUT2D eigenvalue weighted by molar-refractivity contribution is 6.00. The summed E-state index contributed by atoms with van der Waals surface area (Å²) in [6.07, 6.45) is 11.9. The molecule has 2 N–H and O–H groups in total. The molecule has 2 aromatic heterocycles. The molecule has 1 aliphatic carbocycles. The first-order chi connectivity index (χ1) is 16.8. The SMILES string of the molecule is N#Cc1c(N2CCC(CCO)C2)cc(-c2ccc3c(c2)ncn3C2CCCCC2)c2nc[nH]c12. The van der Waals surface area contributed by atoms with E-state index < -0.39 is 0 Å². The Bertz CT molecular complexity index is 1370. The number of hydrogen-bond acceptors (Lipinski definition) is 5. The molecule has 6 rings (SSSR count). The summed E-state index contributed by atoms with van der Waals surface area (Å²) >= 11 is 0. The number of hydrogen-bond donors (Lipinski definition) is 2. The molecular weight excluding hydrogens is 424 g/mol. The molecule has 7 nitrogen and oxygen atoms in total. The Balaban J connectivity index is 1.43. The number of benzene rings is 2. The molecule has 0 radical (unpaired) electrons. The molecule has 1 unspecified atom stereocenters. The standard InChI is InChI=1S/C27H30N6O/c28-14-22-25(32-10-8-18(15-32)9-11-34)13-21(26-27(22)30-16-29-26)19-6-7-24-23(12-19)31-17-33(24)20-4-2-1-3-5-20/h6-7,12-13,16-18,20,34H,1-5,8-11,15H2,(H,29,30). The van der Waals surface area contributed by atoms with Crippen LogP contribution in [0.3, 0.4) is 0 Å². The minimum atomic E-state index is 0.210. The number of nitrogens with one attached hydrogen (secondary N) is 1. The van der Waals surface area contributed by atoms with Gasteiger partial charge in [-0.2, -0.15) is 5.26 Å². The zero-order chi connectivity index (χ0) is 23.1. The molecular formula is C27H30N6O. The number of H-pyrrole nitrogens is 1. The van der Waals surface area contributed by atoms with E-state index in [0.29, 0.717) is 17.5 Å². The lowest BCUT2D eigenvalue weighted by atomic mass is 9.95. The zero-order valence-corrected chi connectivity index (χ0v) is 19.4. The fourth-order valence-corrected chi connectivity index (χ4v) is 6.00. The summed E-state index contributed by atoms with van der Waals surface area (Å²) in [5.41, 5.74) is 7.47. The fraction of sp³-hybridized carbons (Fsp3) is 0.444. The Hall–Kier alpha value is -3.37. The number of nitrogens with zero attached hydrogens (tertiary/aromatic N) is 5. The largest absolute Gasteiger partial charge is 0.396 e. The summed E-state index contributed by atoms with van der Waals surface area (Å²) < 4.78 is 2.36. The summed E-state index contributed by atoms with van der Waals surface area (Å²) in [7, 11) is 0. The van der Waals surface area contributed by atoms with Crippen molar-refractivity contribution in [3.05, 3.63) is 42.5 Å². The van der Waals surface area contributed by atoms with Gasteiger partial charge in [0, 0.05) is 31.3 Å². The Morgan fingerprint density at radius 3 is 2.82 bits per heavy atom. The van der Waals surface area contributed by atoms with Crippen molar-refractivity contribution >= 4 is 27.8 Å². The quantitative estimate of drug-likeness (QED) is 0.434. The number of aromatic amines is 1. The number of anilines is 1. The van der Waals surface area contributed by atoms with Crippen LogP contribution in [-0.2, 0) is 0 Å². The van der Waals surface area contributed by atoms with Crippen LogP contribution < -0.4 is 4.90 Å². The molecule has 1 saturated heterocycles. The Morgan fingerprint density at radius 2 is 2.00 bits per heavy atom. The number of aromatic nitrogens is 4. The van der Waals surface area contributed by atoms with E-state index in [4.69, 9.17) is 4.98 Å². The first kappa shape index (κ1) is 21.2. The van der Waals surface area contributed by atoms with E-state index >= 15 is 0 Å². The van der Waals surface area contributed by atoms with Gasteiger partial charge in [-0.15, -0.1) is 0 Å². The minimum absolute atomic E-state index is 0.210. The van der Waals surface area contributed by atoms with E-state index in [2.05, 4.69) is 49.8 Å².